The van der Waals surface area contributed by atoms with E-state index in [9.17, 15) is 0 Å². The van der Waals surface area contributed by atoms with Crippen molar-refractivity contribution in [3.8, 4) is 0 Å². The molecule has 1 aromatic rings. The molecule has 3 heteroatoms. The molecule has 1 unspecified atom stereocenters. The Balaban J connectivity index is 2.11. The van der Waals surface area contributed by atoms with Crippen LogP contribution < -0.4 is 10.6 Å². The highest BCUT2D eigenvalue weighted by Gasteiger charge is 2.14. The smallest absolute Gasteiger partial charge is 0.149 e. The van der Waals surface area contributed by atoms with E-state index in [1.54, 1.807) is 0 Å². The van der Waals surface area contributed by atoms with Gasteiger partial charge in [0, 0.05) is 18.8 Å². The van der Waals surface area contributed by atoms with Gasteiger partial charge in [0.1, 0.15) is 5.82 Å². The third-order valence-corrected chi connectivity index (χ3v) is 2.87. The zero-order chi connectivity index (χ0) is 10.7. The summed E-state index contributed by atoms with van der Waals surface area (Å²) in [5, 5.41) is 6.89. The van der Waals surface area contributed by atoms with Gasteiger partial charge in [-0.1, -0.05) is 13.3 Å². The first-order valence-corrected chi connectivity index (χ1v) is 5.75. The fourth-order valence-electron chi connectivity index (χ4n) is 2.01. The predicted octanol–water partition coefficient (Wildman–Crippen LogP) is 2.64. The molecule has 1 aromatic heterocycles. The summed E-state index contributed by atoms with van der Waals surface area (Å²) in [6.07, 6.45) is 2.52. The number of pyridine rings is 1. The molecule has 82 valence electrons. The van der Waals surface area contributed by atoms with E-state index in [0.717, 1.165) is 30.3 Å². The van der Waals surface area contributed by atoms with Crippen LogP contribution in [0.15, 0.2) is 12.1 Å². The van der Waals surface area contributed by atoms with Crippen LogP contribution in [0.2, 0.25) is 0 Å². The van der Waals surface area contributed by atoms with Crippen LogP contribution in [0.25, 0.3) is 0 Å². The Kier molecular flexibility index (Phi) is 3.09. The van der Waals surface area contributed by atoms with Crippen molar-refractivity contribution in [2.75, 3.05) is 23.7 Å². The number of hydrogen-bond donors (Lipinski definition) is 2. The lowest BCUT2D eigenvalue weighted by Crippen LogP contribution is -2.18. The first-order valence-electron chi connectivity index (χ1n) is 5.75. The van der Waals surface area contributed by atoms with Crippen molar-refractivity contribution in [2.24, 2.45) is 5.92 Å². The van der Waals surface area contributed by atoms with Crippen LogP contribution in [0.4, 0.5) is 11.5 Å². The average Bonchev–Trinajstić information content (AvgIpc) is 2.42. The Morgan fingerprint density at radius 2 is 2.13 bits per heavy atom. The highest BCUT2D eigenvalue weighted by atomic mass is 15.1. The maximum absolute atomic E-state index is 4.49. The summed E-state index contributed by atoms with van der Waals surface area (Å²) in [6.45, 7) is 6.35. The summed E-state index contributed by atoms with van der Waals surface area (Å²) in [6, 6.07) is 4.16. The van der Waals surface area contributed by atoms with Crippen molar-refractivity contribution in [1.82, 2.24) is 4.98 Å². The minimum atomic E-state index is 0.713. The topological polar surface area (TPSA) is 37.0 Å². The van der Waals surface area contributed by atoms with Gasteiger partial charge in [-0.05, 0) is 31.4 Å². The maximum atomic E-state index is 4.49. The van der Waals surface area contributed by atoms with Crippen molar-refractivity contribution in [2.45, 2.75) is 26.7 Å². The van der Waals surface area contributed by atoms with E-state index in [0.29, 0.717) is 5.92 Å². The zero-order valence-corrected chi connectivity index (χ0v) is 9.51. The number of aromatic nitrogens is 1. The van der Waals surface area contributed by atoms with E-state index in [4.69, 9.17) is 0 Å². The Morgan fingerprint density at radius 3 is 2.93 bits per heavy atom. The number of rotatable bonds is 2. The second kappa shape index (κ2) is 4.51. The Hall–Kier alpha value is -1.25. The minimum Gasteiger partial charge on any atom is -0.382 e. The number of fused-ring (bicyclic) bond motifs is 1. The van der Waals surface area contributed by atoms with Crippen molar-refractivity contribution in [3.05, 3.63) is 17.8 Å². The normalized spacial score (nSPS) is 19.7. The lowest BCUT2D eigenvalue weighted by Gasteiger charge is -2.12. The van der Waals surface area contributed by atoms with Crippen molar-refractivity contribution >= 4 is 11.5 Å². The summed E-state index contributed by atoms with van der Waals surface area (Å²) in [7, 11) is 0. The molecule has 15 heavy (non-hydrogen) atoms. The molecular formula is C12H19N3. The van der Waals surface area contributed by atoms with Gasteiger partial charge in [-0.2, -0.15) is 0 Å². The van der Waals surface area contributed by atoms with Crippen LogP contribution in [0.5, 0.6) is 0 Å². The van der Waals surface area contributed by atoms with E-state index >= 15 is 0 Å². The SMILES string of the molecule is CCCC1CNc2ccc(C)nc2NC1. The molecule has 2 rings (SSSR count). The molecule has 0 aliphatic carbocycles. The molecule has 2 N–H and O–H groups in total. The molecule has 0 radical (unpaired) electrons. The molecule has 0 aromatic carbocycles. The maximum Gasteiger partial charge on any atom is 0.149 e. The van der Waals surface area contributed by atoms with E-state index in [-0.39, 0.29) is 0 Å². The van der Waals surface area contributed by atoms with Crippen LogP contribution in [0, 0.1) is 12.8 Å². The molecule has 0 bridgehead atoms. The van der Waals surface area contributed by atoms with Gasteiger partial charge >= 0.3 is 0 Å². The zero-order valence-electron chi connectivity index (χ0n) is 9.51. The van der Waals surface area contributed by atoms with E-state index in [1.165, 1.54) is 12.8 Å². The Morgan fingerprint density at radius 1 is 1.33 bits per heavy atom. The lowest BCUT2D eigenvalue weighted by molar-refractivity contribution is 0.531. The van der Waals surface area contributed by atoms with Gasteiger partial charge in [-0.3, -0.25) is 0 Å². The van der Waals surface area contributed by atoms with Crippen LogP contribution in [-0.4, -0.2) is 18.1 Å². The van der Waals surface area contributed by atoms with Gasteiger partial charge < -0.3 is 10.6 Å². The summed E-state index contributed by atoms with van der Waals surface area (Å²) < 4.78 is 0. The largest absolute Gasteiger partial charge is 0.382 e. The van der Waals surface area contributed by atoms with Crippen molar-refractivity contribution in [1.29, 1.82) is 0 Å². The number of nitrogens with zero attached hydrogens (tertiary/aromatic N) is 1. The van der Waals surface area contributed by atoms with Gasteiger partial charge in [0.05, 0.1) is 5.69 Å². The Labute approximate surface area is 91.3 Å². The van der Waals surface area contributed by atoms with Crippen molar-refractivity contribution in [3.63, 3.8) is 0 Å². The average molecular weight is 205 g/mol. The van der Waals surface area contributed by atoms with Crippen molar-refractivity contribution < 1.29 is 0 Å². The molecule has 1 atom stereocenters. The highest BCUT2D eigenvalue weighted by molar-refractivity contribution is 5.65. The standard InChI is InChI=1S/C12H19N3/c1-3-4-10-7-13-11-6-5-9(2)15-12(11)14-8-10/h5-6,10,13H,3-4,7-8H2,1-2H3,(H,14,15). The minimum absolute atomic E-state index is 0.713. The number of nitrogens with one attached hydrogen (secondary N) is 2. The van der Waals surface area contributed by atoms with E-state index < -0.39 is 0 Å². The van der Waals surface area contributed by atoms with Crippen LogP contribution in [-0.2, 0) is 0 Å². The van der Waals surface area contributed by atoms with E-state index in [2.05, 4.69) is 28.6 Å². The number of anilines is 2. The van der Waals surface area contributed by atoms with Crippen LogP contribution in [0.1, 0.15) is 25.5 Å². The van der Waals surface area contributed by atoms with Gasteiger partial charge in [0.25, 0.3) is 0 Å². The molecule has 0 saturated carbocycles. The molecule has 3 nitrogen and oxygen atoms in total. The fourth-order valence-corrected chi connectivity index (χ4v) is 2.01. The second-order valence-electron chi connectivity index (χ2n) is 4.27. The monoisotopic (exact) mass is 205 g/mol. The second-order valence-corrected chi connectivity index (χ2v) is 4.27. The molecule has 0 saturated heterocycles. The van der Waals surface area contributed by atoms with E-state index in [1.807, 2.05) is 13.0 Å². The van der Waals surface area contributed by atoms with Gasteiger partial charge in [0.15, 0.2) is 0 Å². The van der Waals surface area contributed by atoms with Gasteiger partial charge in [0.2, 0.25) is 0 Å². The molecular weight excluding hydrogens is 186 g/mol. The quantitative estimate of drug-likeness (QED) is 0.779. The fraction of sp³-hybridized carbons (Fsp3) is 0.583. The van der Waals surface area contributed by atoms with Gasteiger partial charge in [-0.15, -0.1) is 0 Å². The third kappa shape index (κ3) is 2.41. The van der Waals surface area contributed by atoms with Gasteiger partial charge in [-0.25, -0.2) is 4.98 Å². The molecule has 0 amide bonds. The summed E-state index contributed by atoms with van der Waals surface area (Å²) in [4.78, 5) is 4.49. The molecule has 1 aliphatic heterocycles. The summed E-state index contributed by atoms with van der Waals surface area (Å²) >= 11 is 0. The summed E-state index contributed by atoms with van der Waals surface area (Å²) in [5.74, 6) is 1.72. The lowest BCUT2D eigenvalue weighted by atomic mass is 10.0. The third-order valence-electron chi connectivity index (χ3n) is 2.87. The first kappa shape index (κ1) is 10.3. The highest BCUT2D eigenvalue weighted by Crippen LogP contribution is 2.23. The predicted molar refractivity (Wildman–Crippen MR) is 64.4 cm³/mol. The molecule has 0 fully saturated rings. The Bertz CT molecular complexity index is 336. The molecule has 1 aliphatic rings. The number of hydrogen-bond acceptors (Lipinski definition) is 3. The van der Waals surface area contributed by atoms with Crippen LogP contribution >= 0.6 is 0 Å². The molecule has 0 spiro atoms. The first-order chi connectivity index (χ1) is 7.29. The van der Waals surface area contributed by atoms with Crippen LogP contribution in [0.3, 0.4) is 0 Å². The summed E-state index contributed by atoms with van der Waals surface area (Å²) in [5.41, 5.74) is 2.20. The number of aryl methyl sites for hydroxylation is 1. The molecule has 2 heterocycles.